The highest BCUT2D eigenvalue weighted by atomic mass is 32.2. The van der Waals surface area contributed by atoms with E-state index in [2.05, 4.69) is 35.7 Å². The monoisotopic (exact) mass is 281 g/mol. The largest absolute Gasteiger partial charge is 0.392 e. The number of thiocarbonyl (C=S) groups is 1. The zero-order valence-electron chi connectivity index (χ0n) is 10.9. The molecule has 0 aliphatic heterocycles. The molecular weight excluding hydrogens is 258 g/mol. The second kappa shape index (κ2) is 7.25. The van der Waals surface area contributed by atoms with Crippen molar-refractivity contribution in [3.63, 3.8) is 0 Å². The number of nitrogens with two attached hydrogens (primary N) is 1. The molecule has 0 amide bonds. The van der Waals surface area contributed by atoms with Gasteiger partial charge in [0, 0.05) is 19.1 Å². The Morgan fingerprint density at radius 1 is 1.47 bits per heavy atom. The van der Waals surface area contributed by atoms with Crippen molar-refractivity contribution >= 4 is 27.2 Å². The van der Waals surface area contributed by atoms with Gasteiger partial charge in [-0.25, -0.2) is 13.1 Å². The van der Waals surface area contributed by atoms with Crippen molar-refractivity contribution in [2.45, 2.75) is 38.5 Å². The maximum Gasteiger partial charge on any atom is 0.220 e. The molecule has 102 valence electrons. The molecule has 0 aromatic rings. The summed E-state index contributed by atoms with van der Waals surface area (Å²) in [6.07, 6.45) is 1.03. The minimum Gasteiger partial charge on any atom is -0.392 e. The molecule has 5 nitrogen and oxygen atoms in total. The van der Waals surface area contributed by atoms with Gasteiger partial charge in [-0.2, -0.15) is 0 Å². The van der Waals surface area contributed by atoms with Crippen LogP contribution in [0.2, 0.25) is 0 Å². The van der Waals surface area contributed by atoms with Gasteiger partial charge in [-0.05, 0) is 27.3 Å². The van der Waals surface area contributed by atoms with Crippen LogP contribution >= 0.6 is 12.2 Å². The van der Waals surface area contributed by atoms with E-state index >= 15 is 0 Å². The van der Waals surface area contributed by atoms with Crippen molar-refractivity contribution in [3.8, 4) is 0 Å². The van der Waals surface area contributed by atoms with Gasteiger partial charge >= 0.3 is 0 Å². The third kappa shape index (κ3) is 5.76. The van der Waals surface area contributed by atoms with E-state index in [0.29, 0.717) is 19.1 Å². The van der Waals surface area contributed by atoms with E-state index in [1.807, 2.05) is 7.05 Å². The zero-order chi connectivity index (χ0) is 13.6. The first-order chi connectivity index (χ1) is 7.72. The molecule has 0 aromatic heterocycles. The summed E-state index contributed by atoms with van der Waals surface area (Å²) in [4.78, 5) is 2.10. The second-order valence-corrected chi connectivity index (χ2v) is 6.78. The highest BCUT2D eigenvalue weighted by Crippen LogP contribution is 2.00. The maximum atomic E-state index is 11.7. The molecule has 7 heteroatoms. The number of rotatable bonds is 8. The van der Waals surface area contributed by atoms with E-state index in [1.54, 1.807) is 0 Å². The SMILES string of the molecule is CCC(C)N(C)CCNS(=O)(=O)C(C)C(N)=S. The fraction of sp³-hybridized carbons (Fsp3) is 0.900. The van der Waals surface area contributed by atoms with Crippen LogP contribution in [-0.2, 0) is 10.0 Å². The third-order valence-electron chi connectivity index (χ3n) is 2.98. The summed E-state index contributed by atoms with van der Waals surface area (Å²) >= 11 is 4.68. The van der Waals surface area contributed by atoms with Crippen molar-refractivity contribution in [1.82, 2.24) is 9.62 Å². The highest BCUT2D eigenvalue weighted by molar-refractivity contribution is 7.93. The Bertz CT molecular complexity index is 343. The average molecular weight is 281 g/mol. The van der Waals surface area contributed by atoms with Gasteiger partial charge in [-0.1, -0.05) is 19.1 Å². The third-order valence-corrected chi connectivity index (χ3v) is 5.27. The molecule has 0 spiro atoms. The molecule has 0 fully saturated rings. The lowest BCUT2D eigenvalue weighted by molar-refractivity contribution is 0.256. The molecule has 0 heterocycles. The van der Waals surface area contributed by atoms with Crippen LogP contribution in [0.4, 0.5) is 0 Å². The van der Waals surface area contributed by atoms with Gasteiger partial charge in [-0.15, -0.1) is 0 Å². The minimum atomic E-state index is -3.43. The first-order valence-electron chi connectivity index (χ1n) is 5.70. The molecule has 0 saturated heterocycles. The van der Waals surface area contributed by atoms with E-state index in [0.717, 1.165) is 6.42 Å². The quantitative estimate of drug-likeness (QED) is 0.626. The summed E-state index contributed by atoms with van der Waals surface area (Å²) in [6.45, 7) is 6.73. The molecule has 0 saturated carbocycles. The molecule has 2 atom stereocenters. The molecule has 2 unspecified atom stereocenters. The number of nitrogens with one attached hydrogen (secondary N) is 1. The lowest BCUT2D eigenvalue weighted by Crippen LogP contribution is -2.43. The Kier molecular flexibility index (Phi) is 7.15. The molecule has 0 rings (SSSR count). The van der Waals surface area contributed by atoms with Crippen LogP contribution < -0.4 is 10.5 Å². The van der Waals surface area contributed by atoms with Crippen LogP contribution in [0.15, 0.2) is 0 Å². The summed E-state index contributed by atoms with van der Waals surface area (Å²) in [6, 6.07) is 0.438. The average Bonchev–Trinajstić information content (AvgIpc) is 2.26. The molecule has 0 radical (unpaired) electrons. The Morgan fingerprint density at radius 3 is 2.41 bits per heavy atom. The summed E-state index contributed by atoms with van der Waals surface area (Å²) in [7, 11) is -1.46. The van der Waals surface area contributed by atoms with E-state index in [9.17, 15) is 8.42 Å². The standard InChI is InChI=1S/C10H23N3O2S2/c1-5-8(2)13(4)7-6-12-17(14,15)9(3)10(11)16/h8-9,12H,5-7H2,1-4H3,(H2,11,16). The number of sulfonamides is 1. The van der Waals surface area contributed by atoms with Gasteiger partial charge in [0.2, 0.25) is 10.0 Å². The second-order valence-electron chi connectivity index (χ2n) is 4.22. The van der Waals surface area contributed by atoms with Crippen LogP contribution in [-0.4, -0.2) is 49.7 Å². The summed E-state index contributed by atoms with van der Waals surface area (Å²) in [5, 5.41) is -0.827. The van der Waals surface area contributed by atoms with Crippen molar-refractivity contribution in [2.75, 3.05) is 20.1 Å². The normalized spacial score (nSPS) is 15.8. The molecule has 0 bridgehead atoms. The number of likely N-dealkylation sites (N-methyl/N-ethyl adjacent to an activating group) is 1. The summed E-state index contributed by atoms with van der Waals surface area (Å²) in [5.74, 6) is 0. The van der Waals surface area contributed by atoms with Crippen LogP contribution in [0.25, 0.3) is 0 Å². The molecule has 0 aromatic carbocycles. The summed E-state index contributed by atoms with van der Waals surface area (Å²) < 4.78 is 25.9. The lowest BCUT2D eigenvalue weighted by Gasteiger charge is -2.23. The summed E-state index contributed by atoms with van der Waals surface area (Å²) in [5.41, 5.74) is 5.33. The van der Waals surface area contributed by atoms with Gasteiger partial charge in [0.15, 0.2) is 0 Å². The Labute approximate surface area is 110 Å². The van der Waals surface area contributed by atoms with E-state index in [-0.39, 0.29) is 4.99 Å². The lowest BCUT2D eigenvalue weighted by atomic mass is 10.2. The van der Waals surface area contributed by atoms with Crippen LogP contribution in [0.5, 0.6) is 0 Å². The van der Waals surface area contributed by atoms with E-state index < -0.39 is 15.3 Å². The molecule has 3 N–H and O–H groups in total. The van der Waals surface area contributed by atoms with E-state index in [4.69, 9.17) is 5.73 Å². The smallest absolute Gasteiger partial charge is 0.220 e. The zero-order valence-corrected chi connectivity index (χ0v) is 12.6. The van der Waals surface area contributed by atoms with Gasteiger partial charge in [-0.3, -0.25) is 0 Å². The van der Waals surface area contributed by atoms with Crippen molar-refractivity contribution < 1.29 is 8.42 Å². The van der Waals surface area contributed by atoms with Gasteiger partial charge in [0.05, 0.1) is 4.99 Å². The fourth-order valence-corrected chi connectivity index (χ4v) is 2.49. The fourth-order valence-electron chi connectivity index (χ4n) is 1.17. The van der Waals surface area contributed by atoms with Gasteiger partial charge in [0.25, 0.3) is 0 Å². The first-order valence-corrected chi connectivity index (χ1v) is 7.65. The highest BCUT2D eigenvalue weighted by Gasteiger charge is 2.22. The maximum absolute atomic E-state index is 11.7. The van der Waals surface area contributed by atoms with Crippen molar-refractivity contribution in [2.24, 2.45) is 5.73 Å². The first kappa shape index (κ1) is 16.8. The molecular formula is C10H23N3O2S2. The molecule has 17 heavy (non-hydrogen) atoms. The predicted molar refractivity (Wildman–Crippen MR) is 75.6 cm³/mol. The number of nitrogens with zero attached hydrogens (tertiary/aromatic N) is 1. The van der Waals surface area contributed by atoms with Crippen LogP contribution in [0, 0.1) is 0 Å². The number of hydrogen-bond donors (Lipinski definition) is 2. The minimum absolute atomic E-state index is 0.00668. The topological polar surface area (TPSA) is 75.4 Å². The van der Waals surface area contributed by atoms with Crippen molar-refractivity contribution in [3.05, 3.63) is 0 Å². The molecule has 0 aliphatic rings. The van der Waals surface area contributed by atoms with Gasteiger partial charge in [0.1, 0.15) is 5.25 Å². The van der Waals surface area contributed by atoms with Crippen LogP contribution in [0.3, 0.4) is 0 Å². The predicted octanol–water partition coefficient (Wildman–Crippen LogP) is 0.311. The van der Waals surface area contributed by atoms with Crippen LogP contribution in [0.1, 0.15) is 27.2 Å². The van der Waals surface area contributed by atoms with Crippen molar-refractivity contribution in [1.29, 1.82) is 0 Å². The Morgan fingerprint density at radius 2 is 2.00 bits per heavy atom. The molecule has 0 aliphatic carbocycles. The van der Waals surface area contributed by atoms with E-state index in [1.165, 1.54) is 6.92 Å². The number of hydrogen-bond acceptors (Lipinski definition) is 4. The Balaban J connectivity index is 4.17. The van der Waals surface area contributed by atoms with Gasteiger partial charge < -0.3 is 10.6 Å². The Hall–Kier alpha value is -0.240.